The van der Waals surface area contributed by atoms with Gasteiger partial charge in [0.2, 0.25) is 5.91 Å². The van der Waals surface area contributed by atoms with Gasteiger partial charge in [-0.3, -0.25) is 4.79 Å². The quantitative estimate of drug-likeness (QED) is 0.848. The summed E-state index contributed by atoms with van der Waals surface area (Å²) in [6.45, 7) is 2.41. The Morgan fingerprint density at radius 1 is 1.14 bits per heavy atom. The number of amides is 2. The molecule has 22 heavy (non-hydrogen) atoms. The summed E-state index contributed by atoms with van der Waals surface area (Å²) < 4.78 is 4.97. The van der Waals surface area contributed by atoms with E-state index in [1.54, 1.807) is 0 Å². The Kier molecular flexibility index (Phi) is 2.51. The van der Waals surface area contributed by atoms with E-state index in [4.69, 9.17) is 4.74 Å². The third-order valence-electron chi connectivity index (χ3n) is 7.04. The minimum absolute atomic E-state index is 0.0989. The van der Waals surface area contributed by atoms with Crippen molar-refractivity contribution in [3.8, 4) is 0 Å². The van der Waals surface area contributed by atoms with Crippen LogP contribution in [0.2, 0.25) is 0 Å². The largest absolute Gasteiger partial charge is 0.447 e. The first-order valence-corrected chi connectivity index (χ1v) is 8.80. The molecular weight excluding hydrogens is 280 g/mol. The molecule has 120 valence electrons. The molecular formula is C17H24N2O3. The van der Waals surface area contributed by atoms with Crippen LogP contribution in [0, 0.1) is 23.2 Å². The lowest BCUT2D eigenvalue weighted by Gasteiger charge is -2.62. The van der Waals surface area contributed by atoms with Gasteiger partial charge < -0.3 is 15.0 Å². The first kappa shape index (κ1) is 13.2. The summed E-state index contributed by atoms with van der Waals surface area (Å²) in [6, 6.07) is 0. The van der Waals surface area contributed by atoms with E-state index < -0.39 is 0 Å². The van der Waals surface area contributed by atoms with Crippen molar-refractivity contribution in [3.05, 3.63) is 0 Å². The standard InChI is InChI=1S/C17H24N2O3/c20-14(13-6-17(7-13)10-22-15(21)18-17)19-8-16(9-19)4-12(5-16)11-2-1-3-11/h11-13H,1-10H2,(H,18,21)/t13-,17+. The molecule has 0 bridgehead atoms. The molecule has 5 nitrogen and oxygen atoms in total. The van der Waals surface area contributed by atoms with Crippen molar-refractivity contribution in [2.24, 2.45) is 23.2 Å². The van der Waals surface area contributed by atoms with E-state index >= 15 is 0 Å². The highest BCUT2D eigenvalue weighted by atomic mass is 16.6. The first-order valence-electron chi connectivity index (χ1n) is 8.80. The fourth-order valence-electron chi connectivity index (χ4n) is 5.50. The van der Waals surface area contributed by atoms with Crippen LogP contribution in [0.4, 0.5) is 4.79 Å². The third-order valence-corrected chi connectivity index (χ3v) is 7.04. The van der Waals surface area contributed by atoms with Crippen LogP contribution < -0.4 is 5.32 Å². The number of rotatable bonds is 2. The molecule has 2 aliphatic heterocycles. The van der Waals surface area contributed by atoms with Crippen molar-refractivity contribution in [1.82, 2.24) is 10.2 Å². The molecule has 2 heterocycles. The molecule has 0 radical (unpaired) electrons. The molecule has 2 amide bonds. The average Bonchev–Trinajstić information content (AvgIpc) is 2.67. The van der Waals surface area contributed by atoms with E-state index in [0.717, 1.165) is 37.8 Å². The van der Waals surface area contributed by atoms with Gasteiger partial charge >= 0.3 is 6.09 Å². The third kappa shape index (κ3) is 1.77. The first-order chi connectivity index (χ1) is 10.6. The molecule has 0 aromatic heterocycles. The predicted octanol–water partition coefficient (Wildman–Crippen LogP) is 1.91. The van der Waals surface area contributed by atoms with Crippen LogP contribution in [0.25, 0.3) is 0 Å². The zero-order valence-corrected chi connectivity index (χ0v) is 13.0. The highest BCUT2D eigenvalue weighted by Gasteiger charge is 2.59. The van der Waals surface area contributed by atoms with Gasteiger partial charge in [0.1, 0.15) is 6.61 Å². The van der Waals surface area contributed by atoms with Gasteiger partial charge in [0.05, 0.1) is 5.54 Å². The number of alkyl carbamates (subject to hydrolysis) is 1. The molecule has 3 saturated carbocycles. The van der Waals surface area contributed by atoms with Crippen molar-refractivity contribution in [2.45, 2.75) is 50.5 Å². The van der Waals surface area contributed by atoms with Crippen LogP contribution in [-0.2, 0) is 9.53 Å². The number of carbonyl (C=O) groups excluding carboxylic acids is 2. The number of hydrogen-bond donors (Lipinski definition) is 1. The maximum atomic E-state index is 12.5. The van der Waals surface area contributed by atoms with Crippen molar-refractivity contribution < 1.29 is 14.3 Å². The molecule has 5 rings (SSSR count). The minimum Gasteiger partial charge on any atom is -0.447 e. The lowest BCUT2D eigenvalue weighted by molar-refractivity contribution is -0.169. The van der Waals surface area contributed by atoms with Gasteiger partial charge in [-0.15, -0.1) is 0 Å². The van der Waals surface area contributed by atoms with Gasteiger partial charge in [-0.05, 0) is 37.5 Å². The van der Waals surface area contributed by atoms with E-state index in [0.29, 0.717) is 17.9 Å². The number of likely N-dealkylation sites (tertiary alicyclic amines) is 1. The maximum Gasteiger partial charge on any atom is 0.407 e. The summed E-state index contributed by atoms with van der Waals surface area (Å²) in [5, 5.41) is 2.86. The Morgan fingerprint density at radius 2 is 1.86 bits per heavy atom. The second-order valence-electron chi connectivity index (χ2n) is 8.64. The van der Waals surface area contributed by atoms with Gasteiger partial charge in [-0.1, -0.05) is 19.3 Å². The number of nitrogens with one attached hydrogen (secondary N) is 1. The van der Waals surface area contributed by atoms with E-state index in [-0.39, 0.29) is 17.6 Å². The molecule has 5 aliphatic rings. The lowest BCUT2D eigenvalue weighted by atomic mass is 9.52. The van der Waals surface area contributed by atoms with Crippen LogP contribution >= 0.6 is 0 Å². The Morgan fingerprint density at radius 3 is 2.41 bits per heavy atom. The number of carbonyl (C=O) groups is 2. The zero-order chi connectivity index (χ0) is 14.9. The fraction of sp³-hybridized carbons (Fsp3) is 0.882. The van der Waals surface area contributed by atoms with Crippen LogP contribution in [0.15, 0.2) is 0 Å². The van der Waals surface area contributed by atoms with E-state index in [1.165, 1.54) is 32.1 Å². The van der Waals surface area contributed by atoms with Crippen molar-refractivity contribution in [3.63, 3.8) is 0 Å². The van der Waals surface area contributed by atoms with Crippen LogP contribution in [-0.4, -0.2) is 42.1 Å². The Balaban J connectivity index is 1.10. The smallest absolute Gasteiger partial charge is 0.407 e. The molecule has 1 N–H and O–H groups in total. The molecule has 5 fully saturated rings. The van der Waals surface area contributed by atoms with E-state index in [2.05, 4.69) is 10.2 Å². The molecule has 0 unspecified atom stereocenters. The monoisotopic (exact) mass is 304 g/mol. The molecule has 0 aromatic carbocycles. The number of hydrogen-bond acceptors (Lipinski definition) is 3. The van der Waals surface area contributed by atoms with Crippen LogP contribution in [0.3, 0.4) is 0 Å². The van der Waals surface area contributed by atoms with Gasteiger partial charge in [-0.2, -0.15) is 0 Å². The van der Waals surface area contributed by atoms with Crippen molar-refractivity contribution >= 4 is 12.0 Å². The second kappa shape index (κ2) is 4.18. The summed E-state index contributed by atoms with van der Waals surface area (Å²) in [4.78, 5) is 25.7. The number of ether oxygens (including phenoxy) is 1. The molecule has 0 aromatic rings. The van der Waals surface area contributed by atoms with Gasteiger partial charge in [-0.25, -0.2) is 4.79 Å². The van der Waals surface area contributed by atoms with Crippen molar-refractivity contribution in [2.75, 3.05) is 19.7 Å². The van der Waals surface area contributed by atoms with Gasteiger partial charge in [0.25, 0.3) is 0 Å². The molecule has 5 heteroatoms. The Bertz CT molecular complexity index is 522. The van der Waals surface area contributed by atoms with E-state index in [9.17, 15) is 9.59 Å². The Hall–Kier alpha value is -1.26. The molecule has 0 atom stereocenters. The zero-order valence-electron chi connectivity index (χ0n) is 13.0. The van der Waals surface area contributed by atoms with Gasteiger partial charge in [0, 0.05) is 24.4 Å². The SMILES string of the molecule is O=C1N[C@]2(CO1)C[C@H](C(=O)N1CC3(CC(C4CCC4)C3)C1)C2. The Labute approximate surface area is 130 Å². The van der Waals surface area contributed by atoms with Crippen LogP contribution in [0.5, 0.6) is 0 Å². The minimum atomic E-state index is -0.328. The highest BCUT2D eigenvalue weighted by molar-refractivity contribution is 5.82. The highest BCUT2D eigenvalue weighted by Crippen LogP contribution is 2.58. The summed E-state index contributed by atoms with van der Waals surface area (Å²) in [7, 11) is 0. The summed E-state index contributed by atoms with van der Waals surface area (Å²) >= 11 is 0. The van der Waals surface area contributed by atoms with Gasteiger partial charge in [0.15, 0.2) is 0 Å². The second-order valence-corrected chi connectivity index (χ2v) is 8.64. The molecule has 2 spiro atoms. The fourth-order valence-corrected chi connectivity index (χ4v) is 5.50. The summed E-state index contributed by atoms with van der Waals surface area (Å²) in [5.74, 6) is 2.38. The van der Waals surface area contributed by atoms with Crippen LogP contribution in [0.1, 0.15) is 44.9 Å². The normalized spacial score (nSPS) is 32.7. The summed E-state index contributed by atoms with van der Waals surface area (Å²) in [6.07, 6.45) is 8.23. The maximum absolute atomic E-state index is 12.5. The average molecular weight is 304 g/mol. The van der Waals surface area contributed by atoms with Crippen molar-refractivity contribution in [1.29, 1.82) is 0 Å². The van der Waals surface area contributed by atoms with E-state index in [1.807, 2.05) is 0 Å². The topological polar surface area (TPSA) is 58.6 Å². The lowest BCUT2D eigenvalue weighted by Crippen LogP contribution is -2.67. The summed E-state index contributed by atoms with van der Waals surface area (Å²) in [5.41, 5.74) is 0.258. The molecule has 2 saturated heterocycles. The number of cyclic esters (lactones) is 1. The molecule has 3 aliphatic carbocycles. The number of nitrogens with zero attached hydrogens (tertiary/aromatic N) is 1. The predicted molar refractivity (Wildman–Crippen MR) is 79.0 cm³/mol.